The Kier molecular flexibility index (Phi) is 3.24. The van der Waals surface area contributed by atoms with Gasteiger partial charge in [-0.1, -0.05) is 0 Å². The van der Waals surface area contributed by atoms with Crippen molar-refractivity contribution in [2.24, 2.45) is 0 Å². The molecule has 0 aliphatic rings. The van der Waals surface area contributed by atoms with Crippen molar-refractivity contribution in [3.63, 3.8) is 0 Å². The van der Waals surface area contributed by atoms with E-state index < -0.39 is 22.4 Å². The number of hydrogen-bond donors (Lipinski definition) is 0. The van der Waals surface area contributed by atoms with Crippen LogP contribution in [0.2, 0.25) is 0 Å². The maximum absolute atomic E-state index is 12.1. The molecule has 1 rings (SSSR count). The van der Waals surface area contributed by atoms with Crippen molar-refractivity contribution in [3.05, 3.63) is 30.3 Å². The fourth-order valence-corrected chi connectivity index (χ4v) is 3.63. The van der Waals surface area contributed by atoms with E-state index in [2.05, 4.69) is 9.19 Å². The molecule has 0 saturated carbocycles. The second-order valence-corrected chi connectivity index (χ2v) is 9.15. The van der Waals surface area contributed by atoms with Gasteiger partial charge in [0.05, 0.1) is 0 Å². The van der Waals surface area contributed by atoms with Crippen molar-refractivity contribution < 1.29 is 13.2 Å². The second kappa shape index (κ2) is 3.84. The van der Waals surface area contributed by atoms with E-state index in [-0.39, 0.29) is 0 Å². The third-order valence-electron chi connectivity index (χ3n) is 1.22. The van der Waals surface area contributed by atoms with Gasteiger partial charge in [-0.2, -0.15) is 0 Å². The summed E-state index contributed by atoms with van der Waals surface area (Å²) < 4.78 is 32.5. The van der Waals surface area contributed by atoms with E-state index in [1.165, 1.54) is 12.1 Å². The molecule has 0 aromatic heterocycles. The molecular formula is C7H5F3SSb. The minimum absolute atomic E-state index is 0.308. The van der Waals surface area contributed by atoms with E-state index >= 15 is 0 Å². The van der Waals surface area contributed by atoms with Gasteiger partial charge in [-0.15, -0.1) is 0 Å². The molecule has 12 heavy (non-hydrogen) atoms. The van der Waals surface area contributed by atoms with Gasteiger partial charge in [0.2, 0.25) is 0 Å². The fraction of sp³-hybridized carbons (Fsp3) is 0.143. The van der Waals surface area contributed by atoms with Gasteiger partial charge < -0.3 is 0 Å². The van der Waals surface area contributed by atoms with Gasteiger partial charge in [0.15, 0.2) is 0 Å². The predicted molar refractivity (Wildman–Crippen MR) is 45.5 cm³/mol. The summed E-state index contributed by atoms with van der Waals surface area (Å²) in [6.45, 7) is 0. The van der Waals surface area contributed by atoms with Crippen LogP contribution in [0.25, 0.3) is 0 Å². The fourth-order valence-electron chi connectivity index (χ4n) is 0.710. The van der Waals surface area contributed by atoms with Gasteiger partial charge in [-0.3, -0.25) is 0 Å². The summed E-state index contributed by atoms with van der Waals surface area (Å²) in [5.74, 6) is 0. The first kappa shape index (κ1) is 10.1. The predicted octanol–water partition coefficient (Wildman–Crippen LogP) is 2.18. The molecule has 65 valence electrons. The van der Waals surface area contributed by atoms with E-state index in [9.17, 15) is 13.2 Å². The SMILES string of the molecule is F[C](F)(F)[Sb](=[S])[c]1ccccc1. The molecule has 0 saturated heterocycles. The molecule has 1 radical (unpaired) electrons. The van der Waals surface area contributed by atoms with Crippen LogP contribution < -0.4 is 3.51 Å². The summed E-state index contributed by atoms with van der Waals surface area (Å²) in [5, 5.41) is 0. The molecule has 1 aromatic rings. The van der Waals surface area contributed by atoms with Gasteiger partial charge >= 0.3 is 78.6 Å². The van der Waals surface area contributed by atoms with Crippen molar-refractivity contribution in [3.8, 4) is 0 Å². The topological polar surface area (TPSA) is 0 Å². The average Bonchev–Trinajstić information content (AvgIpc) is 2.03. The van der Waals surface area contributed by atoms with E-state index in [0.29, 0.717) is 3.51 Å². The van der Waals surface area contributed by atoms with Crippen molar-refractivity contribution in [1.29, 1.82) is 0 Å². The first-order valence-corrected chi connectivity index (χ1v) is 9.15. The minimum atomic E-state index is -4.14. The van der Waals surface area contributed by atoms with E-state index in [4.69, 9.17) is 0 Å². The summed E-state index contributed by atoms with van der Waals surface area (Å²) in [6, 6.07) is 7.78. The Morgan fingerprint density at radius 1 is 1.08 bits per heavy atom. The van der Waals surface area contributed by atoms with Crippen molar-refractivity contribution in [1.82, 2.24) is 0 Å². The Balaban J connectivity index is 2.94. The summed E-state index contributed by atoms with van der Waals surface area (Å²) >= 11 is -3.60. The zero-order valence-electron chi connectivity index (χ0n) is 5.88. The van der Waals surface area contributed by atoms with Gasteiger partial charge in [-0.25, -0.2) is 0 Å². The number of rotatable bonds is 1. The molecule has 0 atom stereocenters. The molecule has 0 amide bonds. The molecular weight excluding hydrogens is 295 g/mol. The van der Waals surface area contributed by atoms with E-state index in [0.717, 1.165) is 0 Å². The Morgan fingerprint density at radius 3 is 2.00 bits per heavy atom. The van der Waals surface area contributed by atoms with Crippen LogP contribution in [0.15, 0.2) is 30.3 Å². The van der Waals surface area contributed by atoms with Crippen LogP contribution in [0.1, 0.15) is 0 Å². The van der Waals surface area contributed by atoms with Crippen LogP contribution in [-0.2, 0) is 0 Å². The summed E-state index contributed by atoms with van der Waals surface area (Å²) in [7, 11) is 4.50. The van der Waals surface area contributed by atoms with Gasteiger partial charge in [0.25, 0.3) is 0 Å². The summed E-state index contributed by atoms with van der Waals surface area (Å²) in [4.78, 5) is 0. The first-order valence-electron chi connectivity index (χ1n) is 3.11. The maximum atomic E-state index is 12.1. The molecule has 0 bridgehead atoms. The molecule has 1 aromatic carbocycles. The number of benzene rings is 1. The molecule has 0 unspecified atom stereocenters. The Bertz CT molecular complexity index is 280. The molecule has 0 aliphatic heterocycles. The number of alkyl halides is 3. The van der Waals surface area contributed by atoms with Crippen LogP contribution in [0.5, 0.6) is 0 Å². The normalized spacial score (nSPS) is 11.2. The third-order valence-corrected chi connectivity index (χ3v) is 7.53. The first-order chi connectivity index (χ1) is 5.52. The van der Waals surface area contributed by atoms with Gasteiger partial charge in [0.1, 0.15) is 0 Å². The number of hydrogen-bond acceptors (Lipinski definition) is 1. The van der Waals surface area contributed by atoms with Gasteiger partial charge in [0, 0.05) is 0 Å². The second-order valence-electron chi connectivity index (χ2n) is 2.10. The average molecular weight is 300 g/mol. The zero-order valence-corrected chi connectivity index (χ0v) is 9.25. The van der Waals surface area contributed by atoms with Crippen LogP contribution in [0.4, 0.5) is 13.2 Å². The molecule has 0 N–H and O–H groups in total. The quantitative estimate of drug-likeness (QED) is 0.716. The van der Waals surface area contributed by atoms with Crippen molar-refractivity contribution in [2.75, 3.05) is 0 Å². The van der Waals surface area contributed by atoms with Crippen LogP contribution in [-0.4, -0.2) is 22.4 Å². The van der Waals surface area contributed by atoms with E-state index in [1.54, 1.807) is 18.2 Å². The standard InChI is InChI=1S/C6H5.CF3.S.Sb/c1-2-4-6-5-3-1;2-1(3)4;;/h1-5H;;;. The summed E-state index contributed by atoms with van der Waals surface area (Å²) in [6.07, 6.45) is 0. The van der Waals surface area contributed by atoms with Crippen LogP contribution in [0.3, 0.4) is 0 Å². The summed E-state index contributed by atoms with van der Waals surface area (Å²) in [5.41, 5.74) is 0. The zero-order chi connectivity index (χ0) is 9.19. The number of halogens is 3. The molecule has 0 nitrogen and oxygen atoms in total. The molecule has 0 heterocycles. The van der Waals surface area contributed by atoms with Crippen LogP contribution >= 0.6 is 9.19 Å². The molecule has 0 spiro atoms. The van der Waals surface area contributed by atoms with Crippen molar-refractivity contribution >= 4 is 30.9 Å². The molecule has 0 aliphatic carbocycles. The Morgan fingerprint density at radius 2 is 1.58 bits per heavy atom. The monoisotopic (exact) mass is 299 g/mol. The van der Waals surface area contributed by atoms with Gasteiger partial charge in [-0.05, 0) is 0 Å². The Labute approximate surface area is 78.5 Å². The molecule has 0 fully saturated rings. The Hall–Kier alpha value is 0.0482. The van der Waals surface area contributed by atoms with Crippen molar-refractivity contribution in [2.45, 2.75) is 4.12 Å². The molecule has 5 heteroatoms. The van der Waals surface area contributed by atoms with Crippen LogP contribution in [0, 0.1) is 0 Å². The van der Waals surface area contributed by atoms with E-state index in [1.807, 2.05) is 0 Å². The third kappa shape index (κ3) is 2.53.